The number of amides is 1. The van der Waals surface area contributed by atoms with Crippen molar-refractivity contribution in [1.82, 2.24) is 10.1 Å². The molecule has 3 aromatic rings. The smallest absolute Gasteiger partial charge is 0.274 e. The summed E-state index contributed by atoms with van der Waals surface area (Å²) in [5.41, 5.74) is 3.48. The monoisotopic (exact) mass is 372 g/mol. The third-order valence-electron chi connectivity index (χ3n) is 3.96. The normalized spacial score (nSPS) is 11.6. The molecule has 1 amide bonds. The molecule has 1 N–H and O–H groups in total. The van der Waals surface area contributed by atoms with Crippen LogP contribution in [0.3, 0.4) is 0 Å². The minimum atomic E-state index is -0.328. The summed E-state index contributed by atoms with van der Waals surface area (Å²) in [6.07, 6.45) is 4.71. The van der Waals surface area contributed by atoms with Crippen LogP contribution < -0.4 is 5.32 Å². The fourth-order valence-corrected chi connectivity index (χ4v) is 2.58. The topological polar surface area (TPSA) is 80.4 Å². The lowest BCUT2D eigenvalue weighted by atomic mass is 10.1. The average molecular weight is 372 g/mol. The van der Waals surface area contributed by atoms with Crippen molar-refractivity contribution in [3.63, 3.8) is 0 Å². The van der Waals surface area contributed by atoms with Crippen molar-refractivity contribution in [1.29, 1.82) is 0 Å². The predicted octanol–water partition coefficient (Wildman–Crippen LogP) is 4.81. The van der Waals surface area contributed by atoms with Gasteiger partial charge >= 0.3 is 0 Å². The molecule has 0 aliphatic rings. The second kappa shape index (κ2) is 8.73. The van der Waals surface area contributed by atoms with E-state index in [1.165, 1.54) is 6.08 Å². The molecular formula is C22H20N4O2. The van der Waals surface area contributed by atoms with Crippen LogP contribution >= 0.6 is 0 Å². The van der Waals surface area contributed by atoms with Crippen molar-refractivity contribution >= 4 is 17.3 Å². The molecule has 0 radical (unpaired) electrons. The number of aliphatic imine (C=N–C) groups is 1. The number of hydrogen-bond acceptors (Lipinski definition) is 5. The Balaban J connectivity index is 1.81. The SMILES string of the molecule is C=C/C(=N\C=C/C)C(=O)Nc1ccc(-c2noc(-c3ccccc3)n2)c(C)c1. The molecule has 6 nitrogen and oxygen atoms in total. The first-order chi connectivity index (χ1) is 13.6. The zero-order chi connectivity index (χ0) is 19.9. The molecule has 0 unspecified atom stereocenters. The first kappa shape index (κ1) is 19.0. The third kappa shape index (κ3) is 4.29. The summed E-state index contributed by atoms with van der Waals surface area (Å²) in [5, 5.41) is 6.89. The highest BCUT2D eigenvalue weighted by molar-refractivity contribution is 6.47. The maximum Gasteiger partial charge on any atom is 0.274 e. The van der Waals surface area contributed by atoms with Gasteiger partial charge in [-0.2, -0.15) is 4.98 Å². The number of nitrogens with one attached hydrogen (secondary N) is 1. The molecule has 6 heteroatoms. The van der Waals surface area contributed by atoms with E-state index in [2.05, 4.69) is 27.0 Å². The van der Waals surface area contributed by atoms with Gasteiger partial charge in [-0.3, -0.25) is 9.79 Å². The predicted molar refractivity (Wildman–Crippen MR) is 111 cm³/mol. The molecule has 0 atom stereocenters. The van der Waals surface area contributed by atoms with E-state index in [0.29, 0.717) is 17.4 Å². The van der Waals surface area contributed by atoms with E-state index in [9.17, 15) is 4.79 Å². The van der Waals surface area contributed by atoms with E-state index in [4.69, 9.17) is 4.52 Å². The molecule has 0 aliphatic heterocycles. The first-order valence-corrected chi connectivity index (χ1v) is 8.75. The van der Waals surface area contributed by atoms with Crippen LogP contribution in [-0.4, -0.2) is 21.8 Å². The Morgan fingerprint density at radius 1 is 1.21 bits per heavy atom. The number of hydrogen-bond donors (Lipinski definition) is 1. The van der Waals surface area contributed by atoms with Gasteiger partial charge in [0.1, 0.15) is 5.71 Å². The average Bonchev–Trinajstić information content (AvgIpc) is 3.19. The van der Waals surface area contributed by atoms with Crippen molar-refractivity contribution in [3.05, 3.63) is 79.0 Å². The lowest BCUT2D eigenvalue weighted by Gasteiger charge is -2.08. The number of carbonyl (C=O) groups excluding carboxylic acids is 1. The van der Waals surface area contributed by atoms with Crippen molar-refractivity contribution in [3.8, 4) is 22.8 Å². The van der Waals surface area contributed by atoms with E-state index >= 15 is 0 Å². The van der Waals surface area contributed by atoms with Gasteiger partial charge in [-0.25, -0.2) is 0 Å². The molecule has 0 saturated heterocycles. The Kier molecular flexibility index (Phi) is 5.91. The minimum absolute atomic E-state index is 0.241. The van der Waals surface area contributed by atoms with Crippen LogP contribution in [0.2, 0.25) is 0 Å². The number of anilines is 1. The molecule has 0 bridgehead atoms. The summed E-state index contributed by atoms with van der Waals surface area (Å²) in [7, 11) is 0. The van der Waals surface area contributed by atoms with Gasteiger partial charge in [0.25, 0.3) is 11.8 Å². The Bertz CT molecular complexity index is 1050. The molecule has 0 spiro atoms. The largest absolute Gasteiger partial charge is 0.334 e. The van der Waals surface area contributed by atoms with Gasteiger partial charge in [0, 0.05) is 23.0 Å². The number of aryl methyl sites for hydroxylation is 1. The maximum absolute atomic E-state index is 12.3. The molecule has 3 rings (SSSR count). The van der Waals surface area contributed by atoms with Crippen LogP contribution in [0.1, 0.15) is 12.5 Å². The van der Waals surface area contributed by atoms with E-state index in [1.807, 2.05) is 56.3 Å². The Morgan fingerprint density at radius 3 is 2.68 bits per heavy atom. The number of rotatable bonds is 6. The summed E-state index contributed by atoms with van der Waals surface area (Å²) in [6.45, 7) is 7.37. The molecule has 0 aliphatic carbocycles. The van der Waals surface area contributed by atoms with Gasteiger partial charge in [0.2, 0.25) is 5.82 Å². The molecule has 0 fully saturated rings. The van der Waals surface area contributed by atoms with Crippen LogP contribution in [-0.2, 0) is 4.79 Å². The molecule has 1 aromatic heterocycles. The molecule has 2 aromatic carbocycles. The van der Waals surface area contributed by atoms with E-state index in [-0.39, 0.29) is 11.6 Å². The van der Waals surface area contributed by atoms with Gasteiger partial charge < -0.3 is 9.84 Å². The third-order valence-corrected chi connectivity index (χ3v) is 3.96. The fourth-order valence-electron chi connectivity index (χ4n) is 2.58. The lowest BCUT2D eigenvalue weighted by molar-refractivity contribution is -0.110. The zero-order valence-corrected chi connectivity index (χ0v) is 15.7. The van der Waals surface area contributed by atoms with Crippen LogP contribution in [0, 0.1) is 6.92 Å². The second-order valence-corrected chi connectivity index (χ2v) is 5.97. The highest BCUT2D eigenvalue weighted by Gasteiger charge is 2.14. The van der Waals surface area contributed by atoms with E-state index < -0.39 is 0 Å². The fraction of sp³-hybridized carbons (Fsp3) is 0.0909. The number of benzene rings is 2. The van der Waals surface area contributed by atoms with Crippen molar-refractivity contribution < 1.29 is 9.32 Å². The number of carbonyl (C=O) groups is 1. The highest BCUT2D eigenvalue weighted by atomic mass is 16.5. The van der Waals surface area contributed by atoms with Crippen LogP contribution in [0.5, 0.6) is 0 Å². The summed E-state index contributed by atoms with van der Waals surface area (Å²) in [5.74, 6) is 0.630. The number of nitrogens with zero attached hydrogens (tertiary/aromatic N) is 3. The molecule has 0 saturated carbocycles. The van der Waals surface area contributed by atoms with Crippen molar-refractivity contribution in [2.75, 3.05) is 5.32 Å². The van der Waals surface area contributed by atoms with Crippen LogP contribution in [0.25, 0.3) is 22.8 Å². The summed E-state index contributed by atoms with van der Waals surface area (Å²) < 4.78 is 5.37. The molecule has 1 heterocycles. The molecule has 28 heavy (non-hydrogen) atoms. The van der Waals surface area contributed by atoms with E-state index in [1.54, 1.807) is 18.3 Å². The van der Waals surface area contributed by atoms with E-state index in [0.717, 1.165) is 16.7 Å². The van der Waals surface area contributed by atoms with Crippen LogP contribution in [0.15, 0.2) is 83.0 Å². The lowest BCUT2D eigenvalue weighted by Crippen LogP contribution is -2.20. The molecular weight excluding hydrogens is 352 g/mol. The Labute approximate surface area is 163 Å². The standard InChI is InChI=1S/C22H20N4O2/c1-4-13-23-19(5-2)21(27)24-17-11-12-18(15(3)14-17)20-25-22(28-26-20)16-9-7-6-8-10-16/h4-14H,2H2,1,3H3,(H,24,27)/b13-4-,23-19+. The van der Waals surface area contributed by atoms with Crippen LogP contribution in [0.4, 0.5) is 5.69 Å². The second-order valence-electron chi connectivity index (χ2n) is 5.97. The maximum atomic E-state index is 12.3. The number of allylic oxidation sites excluding steroid dienone is 1. The Morgan fingerprint density at radius 2 is 2.00 bits per heavy atom. The first-order valence-electron chi connectivity index (χ1n) is 8.75. The number of aromatic nitrogens is 2. The van der Waals surface area contributed by atoms with Crippen molar-refractivity contribution in [2.45, 2.75) is 13.8 Å². The van der Waals surface area contributed by atoms with Gasteiger partial charge in [0.15, 0.2) is 0 Å². The van der Waals surface area contributed by atoms with Gasteiger partial charge in [0.05, 0.1) is 0 Å². The quantitative estimate of drug-likeness (QED) is 0.630. The summed E-state index contributed by atoms with van der Waals surface area (Å²) in [4.78, 5) is 20.8. The Hall–Kier alpha value is -3.80. The van der Waals surface area contributed by atoms with Gasteiger partial charge in [-0.05, 0) is 55.8 Å². The summed E-state index contributed by atoms with van der Waals surface area (Å²) in [6, 6.07) is 15.1. The zero-order valence-electron chi connectivity index (χ0n) is 15.7. The summed E-state index contributed by atoms with van der Waals surface area (Å²) >= 11 is 0. The van der Waals surface area contributed by atoms with Gasteiger partial charge in [-0.1, -0.05) is 36.0 Å². The molecule has 140 valence electrons. The van der Waals surface area contributed by atoms with Gasteiger partial charge in [-0.15, -0.1) is 0 Å². The highest BCUT2D eigenvalue weighted by Crippen LogP contribution is 2.26. The minimum Gasteiger partial charge on any atom is -0.334 e. The van der Waals surface area contributed by atoms with Crippen molar-refractivity contribution in [2.24, 2.45) is 4.99 Å².